The first-order valence-corrected chi connectivity index (χ1v) is 8.25. The predicted molar refractivity (Wildman–Crippen MR) is 95.2 cm³/mol. The second-order valence-electron chi connectivity index (χ2n) is 5.97. The van der Waals surface area contributed by atoms with E-state index in [0.29, 0.717) is 25.4 Å². The van der Waals surface area contributed by atoms with Crippen molar-refractivity contribution in [2.45, 2.75) is 19.5 Å². The number of urea groups is 1. The van der Waals surface area contributed by atoms with E-state index in [1.807, 2.05) is 61.5 Å². The lowest BCUT2D eigenvalue weighted by molar-refractivity contribution is 0.157. The lowest BCUT2D eigenvalue weighted by atomic mass is 10.1. The second kappa shape index (κ2) is 7.70. The number of amides is 3. The van der Waals surface area contributed by atoms with Crippen LogP contribution in [-0.4, -0.2) is 30.2 Å². The van der Waals surface area contributed by atoms with Gasteiger partial charge < -0.3 is 20.3 Å². The maximum Gasteiger partial charge on any atom is 0.410 e. The molecule has 0 aromatic heterocycles. The zero-order chi connectivity index (χ0) is 17.6. The van der Waals surface area contributed by atoms with Gasteiger partial charge in [0.1, 0.15) is 6.61 Å². The first kappa shape index (κ1) is 16.8. The minimum atomic E-state index is -0.298. The molecule has 1 heterocycles. The van der Waals surface area contributed by atoms with Crippen molar-refractivity contribution in [2.75, 3.05) is 18.5 Å². The van der Waals surface area contributed by atoms with Crippen molar-refractivity contribution < 1.29 is 14.3 Å². The van der Waals surface area contributed by atoms with Gasteiger partial charge in [-0.25, -0.2) is 9.59 Å². The van der Waals surface area contributed by atoms with Crippen LogP contribution in [0.2, 0.25) is 0 Å². The quantitative estimate of drug-likeness (QED) is 0.875. The molecule has 0 bridgehead atoms. The van der Waals surface area contributed by atoms with E-state index >= 15 is 0 Å². The molecular weight excluding hydrogens is 318 g/mol. The van der Waals surface area contributed by atoms with Crippen LogP contribution in [0.3, 0.4) is 0 Å². The summed E-state index contributed by atoms with van der Waals surface area (Å²) in [5.74, 6) is 0. The molecule has 1 atom stereocenters. The van der Waals surface area contributed by atoms with Gasteiger partial charge in [-0.1, -0.05) is 42.5 Å². The molecule has 2 aromatic rings. The van der Waals surface area contributed by atoms with E-state index in [1.165, 1.54) is 0 Å². The zero-order valence-electron chi connectivity index (χ0n) is 14.1. The fraction of sp³-hybridized carbons (Fsp3) is 0.263. The number of cyclic esters (lactones) is 1. The second-order valence-corrected chi connectivity index (χ2v) is 5.97. The molecule has 1 fully saturated rings. The fourth-order valence-corrected chi connectivity index (χ4v) is 2.73. The molecule has 0 aliphatic carbocycles. The minimum Gasteiger partial charge on any atom is -0.448 e. The highest BCUT2D eigenvalue weighted by Gasteiger charge is 2.21. The van der Waals surface area contributed by atoms with Crippen LogP contribution in [0.4, 0.5) is 15.3 Å². The summed E-state index contributed by atoms with van der Waals surface area (Å²) in [6.45, 7) is 3.42. The maximum atomic E-state index is 12.2. The molecule has 130 valence electrons. The third kappa shape index (κ3) is 4.50. The molecule has 0 unspecified atom stereocenters. The third-order valence-electron chi connectivity index (χ3n) is 4.05. The van der Waals surface area contributed by atoms with Gasteiger partial charge in [-0.05, 0) is 30.2 Å². The smallest absolute Gasteiger partial charge is 0.410 e. The van der Waals surface area contributed by atoms with Crippen molar-refractivity contribution >= 4 is 17.8 Å². The number of nitrogens with zero attached hydrogens (tertiary/aromatic N) is 1. The monoisotopic (exact) mass is 339 g/mol. The van der Waals surface area contributed by atoms with E-state index in [4.69, 9.17) is 4.74 Å². The van der Waals surface area contributed by atoms with Crippen molar-refractivity contribution in [1.29, 1.82) is 0 Å². The molecule has 6 nitrogen and oxygen atoms in total. The van der Waals surface area contributed by atoms with Crippen LogP contribution in [0.15, 0.2) is 54.6 Å². The van der Waals surface area contributed by atoms with Gasteiger partial charge in [0.2, 0.25) is 0 Å². The lowest BCUT2D eigenvalue weighted by Crippen LogP contribution is -2.31. The van der Waals surface area contributed by atoms with E-state index in [9.17, 15) is 9.59 Å². The Morgan fingerprint density at radius 3 is 2.72 bits per heavy atom. The minimum absolute atomic E-state index is 0.0937. The van der Waals surface area contributed by atoms with Crippen molar-refractivity contribution in [1.82, 2.24) is 10.2 Å². The van der Waals surface area contributed by atoms with Gasteiger partial charge in [0.25, 0.3) is 0 Å². The maximum absolute atomic E-state index is 12.2. The summed E-state index contributed by atoms with van der Waals surface area (Å²) in [4.78, 5) is 25.4. The molecule has 6 heteroatoms. The number of rotatable bonds is 5. The Hall–Kier alpha value is -3.02. The zero-order valence-corrected chi connectivity index (χ0v) is 14.1. The van der Waals surface area contributed by atoms with Crippen LogP contribution in [0, 0.1) is 0 Å². The standard InChI is InChI=1S/C19H21N3O3/c1-14(16-7-3-2-4-8-16)20-18(23)21-17-9-5-6-15(12-17)13-22-10-11-25-19(22)24/h2-9,12,14H,10-11,13H2,1H3,(H2,20,21,23)/t14-/m1/s1. The average Bonchev–Trinajstić information content (AvgIpc) is 3.00. The van der Waals surface area contributed by atoms with Gasteiger partial charge in [0.05, 0.1) is 12.6 Å². The van der Waals surface area contributed by atoms with Crippen molar-refractivity contribution in [2.24, 2.45) is 0 Å². The first-order valence-electron chi connectivity index (χ1n) is 8.25. The molecule has 3 rings (SSSR count). The van der Waals surface area contributed by atoms with Crippen molar-refractivity contribution in [3.8, 4) is 0 Å². The summed E-state index contributed by atoms with van der Waals surface area (Å²) in [5, 5.41) is 5.74. The number of ether oxygens (including phenoxy) is 1. The van der Waals surface area contributed by atoms with E-state index < -0.39 is 0 Å². The Balaban J connectivity index is 1.58. The fourth-order valence-electron chi connectivity index (χ4n) is 2.73. The SMILES string of the molecule is C[C@@H](NC(=O)Nc1cccc(CN2CCOC2=O)c1)c1ccccc1. The highest BCUT2D eigenvalue weighted by atomic mass is 16.6. The number of carbonyl (C=O) groups excluding carboxylic acids is 2. The highest BCUT2D eigenvalue weighted by molar-refractivity contribution is 5.89. The molecular formula is C19H21N3O3. The van der Waals surface area contributed by atoms with Crippen LogP contribution in [0.5, 0.6) is 0 Å². The summed E-state index contributed by atoms with van der Waals surface area (Å²) in [5.41, 5.74) is 2.66. The highest BCUT2D eigenvalue weighted by Crippen LogP contribution is 2.16. The summed E-state index contributed by atoms with van der Waals surface area (Å²) >= 11 is 0. The number of hydrogen-bond donors (Lipinski definition) is 2. The number of anilines is 1. The van der Waals surface area contributed by atoms with Gasteiger partial charge in [0.15, 0.2) is 0 Å². The molecule has 25 heavy (non-hydrogen) atoms. The normalized spacial score (nSPS) is 14.8. The molecule has 1 aliphatic rings. The summed E-state index contributed by atoms with van der Waals surface area (Å²) in [6.07, 6.45) is -0.298. The average molecular weight is 339 g/mol. The Bertz CT molecular complexity index is 749. The van der Waals surface area contributed by atoms with Crippen LogP contribution in [0.1, 0.15) is 24.1 Å². The Labute approximate surface area is 146 Å². The number of nitrogens with one attached hydrogen (secondary N) is 2. The van der Waals surface area contributed by atoms with Crippen molar-refractivity contribution in [3.63, 3.8) is 0 Å². The number of hydrogen-bond acceptors (Lipinski definition) is 3. The van der Waals surface area contributed by atoms with E-state index in [1.54, 1.807) is 4.90 Å². The van der Waals surface area contributed by atoms with Gasteiger partial charge in [-0.2, -0.15) is 0 Å². The number of benzene rings is 2. The van der Waals surface area contributed by atoms with E-state index in [-0.39, 0.29) is 18.2 Å². The topological polar surface area (TPSA) is 70.7 Å². The van der Waals surface area contributed by atoms with E-state index in [2.05, 4.69) is 10.6 Å². The summed E-state index contributed by atoms with van der Waals surface area (Å²) in [7, 11) is 0. The first-order chi connectivity index (χ1) is 12.1. The largest absolute Gasteiger partial charge is 0.448 e. The van der Waals surface area contributed by atoms with Crippen molar-refractivity contribution in [3.05, 3.63) is 65.7 Å². The van der Waals surface area contributed by atoms with E-state index in [0.717, 1.165) is 11.1 Å². The van der Waals surface area contributed by atoms with Crippen LogP contribution in [-0.2, 0) is 11.3 Å². The van der Waals surface area contributed by atoms with Gasteiger partial charge in [0, 0.05) is 12.2 Å². The Morgan fingerprint density at radius 2 is 2.00 bits per heavy atom. The predicted octanol–water partition coefficient (Wildman–Crippen LogP) is 3.52. The summed E-state index contributed by atoms with van der Waals surface area (Å²) < 4.78 is 4.93. The molecule has 2 aromatic carbocycles. The Morgan fingerprint density at radius 1 is 1.20 bits per heavy atom. The van der Waals surface area contributed by atoms with Crippen LogP contribution < -0.4 is 10.6 Å². The molecule has 2 N–H and O–H groups in total. The molecule has 0 spiro atoms. The van der Waals surface area contributed by atoms with Crippen LogP contribution >= 0.6 is 0 Å². The molecule has 1 aliphatic heterocycles. The third-order valence-corrected chi connectivity index (χ3v) is 4.05. The molecule has 1 saturated heterocycles. The van der Waals surface area contributed by atoms with Gasteiger partial charge in [-0.15, -0.1) is 0 Å². The van der Waals surface area contributed by atoms with Gasteiger partial charge in [-0.3, -0.25) is 0 Å². The van der Waals surface area contributed by atoms with Gasteiger partial charge >= 0.3 is 12.1 Å². The Kier molecular flexibility index (Phi) is 5.18. The molecule has 3 amide bonds. The molecule has 0 saturated carbocycles. The van der Waals surface area contributed by atoms with Crippen LogP contribution in [0.25, 0.3) is 0 Å². The lowest BCUT2D eigenvalue weighted by Gasteiger charge is -2.16. The number of carbonyl (C=O) groups is 2. The summed E-state index contributed by atoms with van der Waals surface area (Å²) in [6, 6.07) is 16.9. The molecule has 0 radical (unpaired) electrons.